The number of hydrogen-bond donors (Lipinski definition) is 1. The van der Waals surface area contributed by atoms with Crippen LogP contribution >= 0.6 is 0 Å². The van der Waals surface area contributed by atoms with Crippen LogP contribution in [0.25, 0.3) is 0 Å². The second-order valence-corrected chi connectivity index (χ2v) is 3.12. The third kappa shape index (κ3) is 2.82. The lowest BCUT2D eigenvalue weighted by Crippen LogP contribution is -2.13. The number of nitrogens with one attached hydrogen (secondary N) is 1. The van der Waals surface area contributed by atoms with E-state index in [4.69, 9.17) is 9.47 Å². The van der Waals surface area contributed by atoms with Crippen molar-refractivity contribution in [3.05, 3.63) is 46.6 Å². The lowest BCUT2D eigenvalue weighted by Gasteiger charge is -2.02. The number of aromatic nitrogens is 2. The molecule has 1 heterocycles. The molecule has 8 heteroatoms. The van der Waals surface area contributed by atoms with Crippen LogP contribution in [-0.4, -0.2) is 21.3 Å². The molecule has 1 aromatic carbocycles. The normalized spacial score (nSPS) is 9.78. The molecule has 18 heavy (non-hydrogen) atoms. The molecule has 0 atom stereocenters. The SMILES string of the molecule is O=C(Oc1ccc([N+](=O)[O-])cc1)Oc1cc[nH]n1. The maximum atomic E-state index is 11.3. The van der Waals surface area contributed by atoms with Crippen molar-refractivity contribution in [2.24, 2.45) is 0 Å². The van der Waals surface area contributed by atoms with Crippen molar-refractivity contribution in [2.45, 2.75) is 0 Å². The first-order chi connectivity index (χ1) is 8.65. The van der Waals surface area contributed by atoms with Crippen LogP contribution in [0.3, 0.4) is 0 Å². The van der Waals surface area contributed by atoms with Crippen molar-refractivity contribution >= 4 is 11.8 Å². The van der Waals surface area contributed by atoms with Gasteiger partial charge in [-0.3, -0.25) is 15.2 Å². The van der Waals surface area contributed by atoms with E-state index in [1.807, 2.05) is 0 Å². The van der Waals surface area contributed by atoms with Gasteiger partial charge in [0.15, 0.2) is 0 Å². The van der Waals surface area contributed by atoms with Gasteiger partial charge in [-0.15, -0.1) is 5.10 Å². The largest absolute Gasteiger partial charge is 0.520 e. The molecule has 1 aromatic heterocycles. The number of H-pyrrole nitrogens is 1. The van der Waals surface area contributed by atoms with Gasteiger partial charge in [-0.2, -0.15) is 0 Å². The average molecular weight is 249 g/mol. The zero-order valence-corrected chi connectivity index (χ0v) is 8.90. The summed E-state index contributed by atoms with van der Waals surface area (Å²) in [4.78, 5) is 21.1. The van der Waals surface area contributed by atoms with E-state index in [0.717, 1.165) is 0 Å². The monoisotopic (exact) mass is 249 g/mol. The molecule has 0 aliphatic carbocycles. The molecule has 0 fully saturated rings. The van der Waals surface area contributed by atoms with Gasteiger partial charge in [0, 0.05) is 24.4 Å². The molecule has 92 valence electrons. The highest BCUT2D eigenvalue weighted by molar-refractivity contribution is 5.66. The molecule has 1 N–H and O–H groups in total. The topological polar surface area (TPSA) is 107 Å². The fourth-order valence-corrected chi connectivity index (χ4v) is 1.14. The maximum Gasteiger partial charge on any atom is 0.520 e. The van der Waals surface area contributed by atoms with Gasteiger partial charge in [-0.25, -0.2) is 4.79 Å². The molecule has 2 aromatic rings. The average Bonchev–Trinajstić information content (AvgIpc) is 2.82. The Morgan fingerprint density at radius 3 is 2.50 bits per heavy atom. The number of benzene rings is 1. The predicted octanol–water partition coefficient (Wildman–Crippen LogP) is 1.90. The summed E-state index contributed by atoms with van der Waals surface area (Å²) in [6.45, 7) is 0. The van der Waals surface area contributed by atoms with Crippen LogP contribution in [0, 0.1) is 10.1 Å². The van der Waals surface area contributed by atoms with Gasteiger partial charge in [0.25, 0.3) is 5.69 Å². The van der Waals surface area contributed by atoms with Gasteiger partial charge in [-0.05, 0) is 12.1 Å². The van der Waals surface area contributed by atoms with E-state index in [1.54, 1.807) is 0 Å². The van der Waals surface area contributed by atoms with Crippen LogP contribution in [0.2, 0.25) is 0 Å². The first-order valence-electron chi connectivity index (χ1n) is 4.79. The van der Waals surface area contributed by atoms with E-state index < -0.39 is 11.1 Å². The highest BCUT2D eigenvalue weighted by Crippen LogP contribution is 2.17. The summed E-state index contributed by atoms with van der Waals surface area (Å²) < 4.78 is 9.48. The molecule has 8 nitrogen and oxygen atoms in total. The molecule has 0 radical (unpaired) electrons. The van der Waals surface area contributed by atoms with Crippen molar-refractivity contribution in [2.75, 3.05) is 0 Å². The number of hydrogen-bond acceptors (Lipinski definition) is 6. The zero-order valence-electron chi connectivity index (χ0n) is 8.90. The second-order valence-electron chi connectivity index (χ2n) is 3.12. The lowest BCUT2D eigenvalue weighted by atomic mass is 10.3. The van der Waals surface area contributed by atoms with Gasteiger partial charge in [-0.1, -0.05) is 0 Å². The number of nitro benzene ring substituents is 1. The minimum absolute atomic E-state index is 0.0712. The van der Waals surface area contributed by atoms with E-state index >= 15 is 0 Å². The maximum absolute atomic E-state index is 11.3. The molecule has 0 saturated heterocycles. The van der Waals surface area contributed by atoms with Gasteiger partial charge in [0.2, 0.25) is 5.88 Å². The zero-order chi connectivity index (χ0) is 13.0. The minimum Gasteiger partial charge on any atom is -0.395 e. The molecule has 0 aliphatic rings. The molecule has 0 amide bonds. The van der Waals surface area contributed by atoms with Crippen molar-refractivity contribution in [1.29, 1.82) is 0 Å². The Kier molecular flexibility index (Phi) is 3.19. The summed E-state index contributed by atoms with van der Waals surface area (Å²) in [6, 6.07) is 6.47. The van der Waals surface area contributed by atoms with Crippen molar-refractivity contribution < 1.29 is 19.2 Å². The van der Waals surface area contributed by atoms with Gasteiger partial charge in [0.05, 0.1) is 4.92 Å². The van der Waals surface area contributed by atoms with E-state index in [9.17, 15) is 14.9 Å². The summed E-state index contributed by atoms with van der Waals surface area (Å²) in [5.41, 5.74) is -0.0944. The van der Waals surface area contributed by atoms with E-state index in [2.05, 4.69) is 10.2 Å². The van der Waals surface area contributed by atoms with Crippen LogP contribution < -0.4 is 9.47 Å². The number of nitrogens with zero attached hydrogens (tertiary/aromatic N) is 2. The molecule has 0 spiro atoms. The standard InChI is InChI=1S/C10H7N3O5/c14-10(18-9-5-6-11-12-9)17-8-3-1-7(2-4-8)13(15)16/h1-6H,(H,11,12). The molecular formula is C10H7N3O5. The van der Waals surface area contributed by atoms with Gasteiger partial charge >= 0.3 is 6.16 Å². The molecular weight excluding hydrogens is 242 g/mol. The molecule has 2 rings (SSSR count). The number of non-ortho nitro benzene ring substituents is 1. The number of rotatable bonds is 3. The van der Waals surface area contributed by atoms with Gasteiger partial charge in [0.1, 0.15) is 5.75 Å². The van der Waals surface area contributed by atoms with Crippen LogP contribution in [0.5, 0.6) is 11.6 Å². The Hall–Kier alpha value is -2.90. The van der Waals surface area contributed by atoms with Gasteiger partial charge < -0.3 is 9.47 Å². The Labute approximate surface area is 100 Å². The van der Waals surface area contributed by atoms with Crippen LogP contribution in [0.15, 0.2) is 36.5 Å². The fourth-order valence-electron chi connectivity index (χ4n) is 1.14. The highest BCUT2D eigenvalue weighted by Gasteiger charge is 2.10. The Morgan fingerprint density at radius 2 is 1.94 bits per heavy atom. The molecule has 0 saturated carbocycles. The number of carbonyl (C=O) groups is 1. The van der Waals surface area contributed by atoms with E-state index in [-0.39, 0.29) is 17.3 Å². The smallest absolute Gasteiger partial charge is 0.395 e. The summed E-state index contributed by atoms with van der Waals surface area (Å²) in [5.74, 6) is 0.211. The molecule has 0 bridgehead atoms. The number of nitro groups is 1. The summed E-state index contributed by atoms with van der Waals surface area (Å²) >= 11 is 0. The van der Waals surface area contributed by atoms with Crippen LogP contribution in [-0.2, 0) is 0 Å². The predicted molar refractivity (Wildman–Crippen MR) is 58.3 cm³/mol. The first kappa shape index (κ1) is 11.6. The quantitative estimate of drug-likeness (QED) is 0.385. The summed E-state index contributed by atoms with van der Waals surface area (Å²) in [7, 11) is 0. The van der Waals surface area contributed by atoms with Crippen LogP contribution in [0.1, 0.15) is 0 Å². The third-order valence-electron chi connectivity index (χ3n) is 1.91. The highest BCUT2D eigenvalue weighted by atomic mass is 16.7. The Morgan fingerprint density at radius 1 is 1.22 bits per heavy atom. The van der Waals surface area contributed by atoms with E-state index in [0.29, 0.717) is 0 Å². The molecule has 0 unspecified atom stereocenters. The first-order valence-corrected chi connectivity index (χ1v) is 4.79. The minimum atomic E-state index is -0.976. The van der Waals surface area contributed by atoms with Crippen molar-refractivity contribution in [3.8, 4) is 11.6 Å². The van der Waals surface area contributed by atoms with Crippen molar-refractivity contribution in [1.82, 2.24) is 10.2 Å². The number of carbonyl (C=O) groups excluding carboxylic acids is 1. The fraction of sp³-hybridized carbons (Fsp3) is 0. The number of ether oxygens (including phenoxy) is 2. The van der Waals surface area contributed by atoms with E-state index in [1.165, 1.54) is 36.5 Å². The summed E-state index contributed by atoms with van der Waals surface area (Å²) in [5, 5.41) is 16.5. The summed E-state index contributed by atoms with van der Waals surface area (Å²) in [6.07, 6.45) is 0.505. The molecule has 0 aliphatic heterocycles. The lowest BCUT2D eigenvalue weighted by molar-refractivity contribution is -0.384. The van der Waals surface area contributed by atoms with Crippen LogP contribution in [0.4, 0.5) is 10.5 Å². The third-order valence-corrected chi connectivity index (χ3v) is 1.91. The van der Waals surface area contributed by atoms with Crippen molar-refractivity contribution in [3.63, 3.8) is 0 Å². The Balaban J connectivity index is 1.97. The number of aromatic amines is 1. The second kappa shape index (κ2) is 4.95. The Bertz CT molecular complexity index is 549.